The van der Waals surface area contributed by atoms with Gasteiger partial charge in [0.2, 0.25) is 0 Å². The molecule has 0 saturated heterocycles. The summed E-state index contributed by atoms with van der Waals surface area (Å²) in [5, 5.41) is 9.68. The molecule has 0 radical (unpaired) electrons. The smallest absolute Gasteiger partial charge is 0.0568 e. The first-order valence-corrected chi connectivity index (χ1v) is 6.38. The number of hydrogen-bond donors (Lipinski definition) is 1. The second-order valence-electron chi connectivity index (χ2n) is 4.59. The molecule has 0 aromatic heterocycles. The summed E-state index contributed by atoms with van der Waals surface area (Å²) in [4.78, 5) is 0. The third kappa shape index (κ3) is 2.61. The van der Waals surface area contributed by atoms with Crippen LogP contribution in [0.4, 0.5) is 0 Å². The highest BCUT2D eigenvalue weighted by molar-refractivity contribution is 9.10. The first-order valence-electron chi connectivity index (χ1n) is 5.59. The molecule has 3 atom stereocenters. The quantitative estimate of drug-likeness (QED) is 0.872. The van der Waals surface area contributed by atoms with Gasteiger partial charge in [0.25, 0.3) is 0 Å². The van der Waals surface area contributed by atoms with Gasteiger partial charge in [-0.05, 0) is 48.8 Å². The molecular formula is C13H17BrO. The summed E-state index contributed by atoms with van der Waals surface area (Å²) in [7, 11) is 0. The Morgan fingerprint density at radius 1 is 1.27 bits per heavy atom. The van der Waals surface area contributed by atoms with E-state index in [1.165, 1.54) is 12.0 Å². The van der Waals surface area contributed by atoms with Crippen molar-refractivity contribution in [2.24, 2.45) is 11.8 Å². The van der Waals surface area contributed by atoms with Crippen molar-refractivity contribution < 1.29 is 5.11 Å². The van der Waals surface area contributed by atoms with Gasteiger partial charge in [-0.1, -0.05) is 35.0 Å². The minimum Gasteiger partial charge on any atom is -0.393 e. The molecular weight excluding hydrogens is 252 g/mol. The van der Waals surface area contributed by atoms with E-state index in [-0.39, 0.29) is 6.10 Å². The predicted molar refractivity (Wildman–Crippen MR) is 65.7 cm³/mol. The van der Waals surface area contributed by atoms with Crippen LogP contribution in [0.1, 0.15) is 25.3 Å². The third-order valence-electron chi connectivity index (χ3n) is 3.59. The Morgan fingerprint density at radius 3 is 2.47 bits per heavy atom. The van der Waals surface area contributed by atoms with Gasteiger partial charge in [0.15, 0.2) is 0 Å². The molecule has 1 aliphatic carbocycles. The third-order valence-corrected chi connectivity index (χ3v) is 4.12. The lowest BCUT2D eigenvalue weighted by atomic mass is 9.90. The van der Waals surface area contributed by atoms with Crippen LogP contribution >= 0.6 is 15.9 Å². The molecule has 1 N–H and O–H groups in total. The first kappa shape index (κ1) is 11.2. The summed E-state index contributed by atoms with van der Waals surface area (Å²) in [6, 6.07) is 8.51. The summed E-state index contributed by atoms with van der Waals surface area (Å²) in [5.74, 6) is 1.11. The zero-order valence-electron chi connectivity index (χ0n) is 8.99. The van der Waals surface area contributed by atoms with Crippen LogP contribution in [0.5, 0.6) is 0 Å². The number of benzene rings is 1. The van der Waals surface area contributed by atoms with E-state index in [2.05, 4.69) is 47.1 Å². The summed E-state index contributed by atoms with van der Waals surface area (Å²) >= 11 is 3.44. The molecule has 1 nitrogen and oxygen atoms in total. The van der Waals surface area contributed by atoms with E-state index >= 15 is 0 Å². The van der Waals surface area contributed by atoms with Crippen molar-refractivity contribution in [3.05, 3.63) is 34.3 Å². The zero-order valence-corrected chi connectivity index (χ0v) is 10.6. The number of aliphatic hydroxyl groups excluding tert-OH is 1. The minimum atomic E-state index is -0.0783. The molecule has 2 heteroatoms. The highest BCUT2D eigenvalue weighted by Crippen LogP contribution is 2.34. The van der Waals surface area contributed by atoms with Crippen LogP contribution in [0.25, 0.3) is 0 Å². The summed E-state index contributed by atoms with van der Waals surface area (Å²) < 4.78 is 1.13. The van der Waals surface area contributed by atoms with Gasteiger partial charge in [0.05, 0.1) is 6.10 Å². The lowest BCUT2D eigenvalue weighted by Gasteiger charge is -2.17. The normalized spacial score (nSPS) is 30.7. The Balaban J connectivity index is 2.00. The van der Waals surface area contributed by atoms with Crippen molar-refractivity contribution >= 4 is 15.9 Å². The van der Waals surface area contributed by atoms with Crippen molar-refractivity contribution in [2.45, 2.75) is 32.3 Å². The molecule has 15 heavy (non-hydrogen) atoms. The average Bonchev–Trinajstić information content (AvgIpc) is 2.53. The Bertz CT molecular complexity index is 320. The first-order chi connectivity index (χ1) is 7.16. The van der Waals surface area contributed by atoms with Crippen LogP contribution in [0.15, 0.2) is 28.7 Å². The monoisotopic (exact) mass is 268 g/mol. The van der Waals surface area contributed by atoms with E-state index in [9.17, 15) is 5.11 Å². The van der Waals surface area contributed by atoms with Gasteiger partial charge in [-0.15, -0.1) is 0 Å². The molecule has 0 amide bonds. The fourth-order valence-corrected chi connectivity index (χ4v) is 2.70. The fraction of sp³-hybridized carbons (Fsp3) is 0.538. The molecule has 0 spiro atoms. The predicted octanol–water partition coefficient (Wildman–Crippen LogP) is 3.40. The molecule has 1 fully saturated rings. The van der Waals surface area contributed by atoms with Gasteiger partial charge in [-0.3, -0.25) is 0 Å². The van der Waals surface area contributed by atoms with Crippen LogP contribution in [0.2, 0.25) is 0 Å². The van der Waals surface area contributed by atoms with E-state index in [0.29, 0.717) is 11.8 Å². The van der Waals surface area contributed by atoms with Crippen LogP contribution < -0.4 is 0 Å². The van der Waals surface area contributed by atoms with Crippen LogP contribution in [-0.2, 0) is 6.42 Å². The summed E-state index contributed by atoms with van der Waals surface area (Å²) in [6.07, 6.45) is 3.16. The van der Waals surface area contributed by atoms with Crippen molar-refractivity contribution in [3.8, 4) is 0 Å². The van der Waals surface area contributed by atoms with E-state index < -0.39 is 0 Å². The van der Waals surface area contributed by atoms with Gasteiger partial charge >= 0.3 is 0 Å². The highest BCUT2D eigenvalue weighted by atomic mass is 79.9. The SMILES string of the molecule is CC1C(O)CCC1Cc1ccc(Br)cc1. The lowest BCUT2D eigenvalue weighted by Crippen LogP contribution is -2.16. The second-order valence-corrected chi connectivity index (χ2v) is 5.51. The molecule has 1 aromatic carbocycles. The van der Waals surface area contributed by atoms with Gasteiger partial charge < -0.3 is 5.11 Å². The van der Waals surface area contributed by atoms with Crippen molar-refractivity contribution in [1.82, 2.24) is 0 Å². The van der Waals surface area contributed by atoms with Gasteiger partial charge in [0, 0.05) is 4.47 Å². The molecule has 3 unspecified atom stereocenters. The Morgan fingerprint density at radius 2 is 1.93 bits per heavy atom. The molecule has 1 saturated carbocycles. The van der Waals surface area contributed by atoms with Gasteiger partial charge in [-0.2, -0.15) is 0 Å². The number of aliphatic hydroxyl groups is 1. The molecule has 1 aliphatic rings. The number of rotatable bonds is 2. The molecule has 82 valence electrons. The molecule has 0 aliphatic heterocycles. The Labute approximate surface area is 99.6 Å². The summed E-state index contributed by atoms with van der Waals surface area (Å²) in [5.41, 5.74) is 1.38. The lowest BCUT2D eigenvalue weighted by molar-refractivity contribution is 0.127. The molecule has 1 aromatic rings. The van der Waals surface area contributed by atoms with E-state index in [1.54, 1.807) is 0 Å². The molecule has 0 heterocycles. The zero-order chi connectivity index (χ0) is 10.8. The minimum absolute atomic E-state index is 0.0783. The summed E-state index contributed by atoms with van der Waals surface area (Å²) in [6.45, 7) is 2.17. The average molecular weight is 269 g/mol. The highest BCUT2D eigenvalue weighted by Gasteiger charge is 2.30. The number of hydrogen-bond acceptors (Lipinski definition) is 1. The second kappa shape index (κ2) is 4.67. The number of halogens is 1. The van der Waals surface area contributed by atoms with Gasteiger partial charge in [-0.25, -0.2) is 0 Å². The van der Waals surface area contributed by atoms with Crippen LogP contribution in [-0.4, -0.2) is 11.2 Å². The van der Waals surface area contributed by atoms with Crippen LogP contribution in [0, 0.1) is 11.8 Å². The standard InChI is InChI=1S/C13H17BrO/c1-9-11(4-7-13(9)15)8-10-2-5-12(14)6-3-10/h2-3,5-6,9,11,13,15H,4,7-8H2,1H3. The van der Waals surface area contributed by atoms with E-state index in [1.807, 2.05) is 0 Å². The van der Waals surface area contributed by atoms with Crippen LogP contribution in [0.3, 0.4) is 0 Å². The Kier molecular flexibility index (Phi) is 3.47. The molecule has 2 rings (SSSR count). The fourth-order valence-electron chi connectivity index (χ4n) is 2.44. The maximum Gasteiger partial charge on any atom is 0.0568 e. The van der Waals surface area contributed by atoms with E-state index in [4.69, 9.17) is 0 Å². The maximum absolute atomic E-state index is 9.68. The molecule has 0 bridgehead atoms. The van der Waals surface area contributed by atoms with E-state index in [0.717, 1.165) is 17.3 Å². The van der Waals surface area contributed by atoms with Crippen molar-refractivity contribution in [1.29, 1.82) is 0 Å². The maximum atomic E-state index is 9.68. The Hall–Kier alpha value is -0.340. The van der Waals surface area contributed by atoms with Crippen molar-refractivity contribution in [2.75, 3.05) is 0 Å². The topological polar surface area (TPSA) is 20.2 Å². The van der Waals surface area contributed by atoms with Gasteiger partial charge in [0.1, 0.15) is 0 Å². The largest absolute Gasteiger partial charge is 0.393 e. The van der Waals surface area contributed by atoms with Crippen molar-refractivity contribution in [3.63, 3.8) is 0 Å².